The zero-order chi connectivity index (χ0) is 13.6. The molecule has 0 amide bonds. The van der Waals surface area contributed by atoms with Gasteiger partial charge in [-0.2, -0.15) is 0 Å². The second-order valence-corrected chi connectivity index (χ2v) is 6.89. The highest BCUT2D eigenvalue weighted by Gasteiger charge is 2.46. The van der Waals surface area contributed by atoms with Gasteiger partial charge in [0.25, 0.3) is 0 Å². The fraction of sp³-hybridized carbons (Fsp3) is 0.625. The van der Waals surface area contributed by atoms with E-state index in [1.807, 2.05) is 6.07 Å². The first-order valence-corrected chi connectivity index (χ1v) is 7.93. The summed E-state index contributed by atoms with van der Waals surface area (Å²) in [6, 6.07) is 4.72. The molecule has 3 aliphatic rings. The Bertz CT molecular complexity index is 521. The molecule has 108 valence electrons. The third kappa shape index (κ3) is 2.38. The van der Waals surface area contributed by atoms with Gasteiger partial charge < -0.3 is 14.8 Å². The highest BCUT2D eigenvalue weighted by Crippen LogP contribution is 2.50. The number of fused-ring (bicyclic) bond motifs is 1. The predicted molar refractivity (Wildman–Crippen MR) is 78.8 cm³/mol. The Hall–Kier alpha value is -0.930. The number of rotatable bonds is 2. The summed E-state index contributed by atoms with van der Waals surface area (Å²) in [6.07, 6.45) is 5.94. The minimum Gasteiger partial charge on any atom is -0.489 e. The lowest BCUT2D eigenvalue weighted by Gasteiger charge is -2.14. The monoisotopic (exact) mass is 293 g/mol. The van der Waals surface area contributed by atoms with Gasteiger partial charge in [-0.1, -0.05) is 11.6 Å². The minimum absolute atomic E-state index is 0.259. The maximum absolute atomic E-state index is 6.39. The van der Waals surface area contributed by atoms with Gasteiger partial charge in [0.05, 0.1) is 18.2 Å². The molecule has 1 aromatic carbocycles. The van der Waals surface area contributed by atoms with E-state index in [4.69, 9.17) is 21.1 Å². The van der Waals surface area contributed by atoms with Crippen molar-refractivity contribution in [2.24, 2.45) is 5.41 Å². The second-order valence-electron chi connectivity index (χ2n) is 6.48. The van der Waals surface area contributed by atoms with Crippen LogP contribution in [-0.2, 0) is 6.42 Å². The van der Waals surface area contributed by atoms with Gasteiger partial charge in [-0.05, 0) is 56.3 Å². The number of hydrogen-bond acceptors (Lipinski definition) is 3. The van der Waals surface area contributed by atoms with Crippen molar-refractivity contribution in [1.29, 1.82) is 0 Å². The van der Waals surface area contributed by atoms with Crippen molar-refractivity contribution in [2.45, 2.75) is 38.1 Å². The number of halogens is 1. The third-order valence-electron chi connectivity index (χ3n) is 4.73. The molecule has 2 fully saturated rings. The number of ether oxygens (including phenoxy) is 2. The van der Waals surface area contributed by atoms with Gasteiger partial charge >= 0.3 is 0 Å². The second kappa shape index (κ2) is 4.81. The molecule has 4 heteroatoms. The van der Waals surface area contributed by atoms with Crippen LogP contribution in [0.15, 0.2) is 12.1 Å². The maximum Gasteiger partial charge on any atom is 0.179 e. The molecule has 0 aromatic heterocycles. The molecule has 1 aromatic rings. The van der Waals surface area contributed by atoms with E-state index in [0.29, 0.717) is 11.1 Å². The van der Waals surface area contributed by atoms with Crippen LogP contribution in [0.25, 0.3) is 0 Å². The summed E-state index contributed by atoms with van der Waals surface area (Å²) in [5.74, 6) is 1.56. The van der Waals surface area contributed by atoms with Crippen molar-refractivity contribution < 1.29 is 9.47 Å². The molecule has 1 unspecified atom stereocenters. The van der Waals surface area contributed by atoms with Crippen molar-refractivity contribution in [2.75, 3.05) is 19.8 Å². The zero-order valence-electron chi connectivity index (χ0n) is 11.6. The van der Waals surface area contributed by atoms with E-state index >= 15 is 0 Å². The lowest BCUT2D eigenvalue weighted by Crippen LogP contribution is -2.23. The van der Waals surface area contributed by atoms with E-state index < -0.39 is 0 Å². The van der Waals surface area contributed by atoms with Crippen LogP contribution >= 0.6 is 11.6 Å². The smallest absolute Gasteiger partial charge is 0.179 e. The van der Waals surface area contributed by atoms with Gasteiger partial charge in [0.1, 0.15) is 0 Å². The molecule has 0 radical (unpaired) electrons. The van der Waals surface area contributed by atoms with Gasteiger partial charge in [0, 0.05) is 11.5 Å². The fourth-order valence-electron chi connectivity index (χ4n) is 3.17. The Morgan fingerprint density at radius 2 is 2.10 bits per heavy atom. The zero-order valence-corrected chi connectivity index (χ0v) is 12.3. The Labute approximate surface area is 124 Å². The van der Waals surface area contributed by atoms with Crippen LogP contribution in [0.3, 0.4) is 0 Å². The molecule has 1 spiro atoms. The first-order chi connectivity index (χ1) is 9.74. The largest absolute Gasteiger partial charge is 0.489 e. The molecule has 0 bridgehead atoms. The molecule has 1 N–H and O–H groups in total. The van der Waals surface area contributed by atoms with E-state index in [1.165, 1.54) is 31.2 Å². The van der Waals surface area contributed by atoms with Crippen molar-refractivity contribution in [3.05, 3.63) is 22.7 Å². The summed E-state index contributed by atoms with van der Waals surface area (Å²) in [5.41, 5.74) is 1.50. The highest BCUT2D eigenvalue weighted by molar-refractivity contribution is 6.32. The highest BCUT2D eigenvalue weighted by atomic mass is 35.5. The third-order valence-corrected chi connectivity index (χ3v) is 5.01. The van der Waals surface area contributed by atoms with Gasteiger partial charge in [-0.3, -0.25) is 0 Å². The van der Waals surface area contributed by atoms with E-state index in [2.05, 4.69) is 11.4 Å². The number of benzene rings is 1. The lowest BCUT2D eigenvalue weighted by molar-refractivity contribution is 0.197. The molecule has 3 nitrogen and oxygen atoms in total. The average Bonchev–Trinajstić information content (AvgIpc) is 3.08. The van der Waals surface area contributed by atoms with E-state index in [9.17, 15) is 0 Å². The van der Waals surface area contributed by atoms with Crippen LogP contribution in [0, 0.1) is 5.41 Å². The molecule has 2 aliphatic heterocycles. The first-order valence-electron chi connectivity index (χ1n) is 7.56. The van der Waals surface area contributed by atoms with Gasteiger partial charge in [-0.25, -0.2) is 0 Å². The summed E-state index contributed by atoms with van der Waals surface area (Å²) in [5, 5.41) is 4.21. The Morgan fingerprint density at radius 1 is 1.25 bits per heavy atom. The number of hydrogen-bond donors (Lipinski definition) is 1. The molecule has 2 heterocycles. The molecule has 1 atom stereocenters. The fourth-order valence-corrected chi connectivity index (χ4v) is 3.45. The van der Waals surface area contributed by atoms with E-state index in [-0.39, 0.29) is 5.41 Å². The molecular formula is C16H20ClNO2. The molecule has 4 rings (SSSR count). The molecule has 1 aliphatic carbocycles. The van der Waals surface area contributed by atoms with Crippen LogP contribution in [0.5, 0.6) is 11.5 Å². The predicted octanol–water partition coefficient (Wildman–Crippen LogP) is 3.19. The van der Waals surface area contributed by atoms with Crippen LogP contribution < -0.4 is 14.8 Å². The summed E-state index contributed by atoms with van der Waals surface area (Å²) in [7, 11) is 0. The van der Waals surface area contributed by atoms with E-state index in [0.717, 1.165) is 37.7 Å². The van der Waals surface area contributed by atoms with Crippen molar-refractivity contribution >= 4 is 11.6 Å². The summed E-state index contributed by atoms with van der Waals surface area (Å²) in [6.45, 7) is 2.64. The molecular weight excluding hydrogens is 274 g/mol. The van der Waals surface area contributed by atoms with Gasteiger partial charge in [0.2, 0.25) is 0 Å². The maximum atomic E-state index is 6.39. The molecule has 1 saturated heterocycles. The molecule has 20 heavy (non-hydrogen) atoms. The SMILES string of the molecule is Clc1cc(CC2CCCN2)cc2c1OCC1(CC1)CO2. The average molecular weight is 294 g/mol. The Balaban J connectivity index is 1.57. The standard InChI is InChI=1S/C16H20ClNO2/c17-13-7-11(6-12-2-1-5-18-12)8-14-15(13)20-10-16(3-4-16)9-19-14/h7-8,12,18H,1-6,9-10H2. The summed E-state index contributed by atoms with van der Waals surface area (Å²) in [4.78, 5) is 0. The topological polar surface area (TPSA) is 30.5 Å². The lowest BCUT2D eigenvalue weighted by atomic mass is 10.0. The van der Waals surface area contributed by atoms with Crippen LogP contribution in [0.2, 0.25) is 5.02 Å². The van der Waals surface area contributed by atoms with Crippen LogP contribution in [0.1, 0.15) is 31.2 Å². The molecule has 1 saturated carbocycles. The quantitative estimate of drug-likeness (QED) is 0.908. The van der Waals surface area contributed by atoms with Gasteiger partial charge in [0.15, 0.2) is 11.5 Å². The minimum atomic E-state index is 0.259. The van der Waals surface area contributed by atoms with Crippen LogP contribution in [0.4, 0.5) is 0 Å². The Morgan fingerprint density at radius 3 is 2.85 bits per heavy atom. The summed E-state index contributed by atoms with van der Waals surface area (Å²) < 4.78 is 11.9. The summed E-state index contributed by atoms with van der Waals surface area (Å²) >= 11 is 6.39. The number of nitrogens with one attached hydrogen (secondary N) is 1. The van der Waals surface area contributed by atoms with Gasteiger partial charge in [-0.15, -0.1) is 0 Å². The van der Waals surface area contributed by atoms with E-state index in [1.54, 1.807) is 0 Å². The van der Waals surface area contributed by atoms with Crippen LogP contribution in [-0.4, -0.2) is 25.8 Å². The first kappa shape index (κ1) is 12.8. The Kier molecular flexibility index (Phi) is 3.08. The van der Waals surface area contributed by atoms with Crippen molar-refractivity contribution in [3.8, 4) is 11.5 Å². The van der Waals surface area contributed by atoms with Crippen molar-refractivity contribution in [1.82, 2.24) is 5.32 Å². The van der Waals surface area contributed by atoms with Crippen molar-refractivity contribution in [3.63, 3.8) is 0 Å². The normalized spacial score (nSPS) is 26.6.